The van der Waals surface area contributed by atoms with Crippen molar-refractivity contribution >= 4 is 40.8 Å². The molecule has 1 fully saturated rings. The fourth-order valence-corrected chi connectivity index (χ4v) is 3.55. The Hall–Kier alpha value is -3.46. The van der Waals surface area contributed by atoms with Gasteiger partial charge in [0.1, 0.15) is 0 Å². The average molecular weight is 463 g/mol. The zero-order valence-electron chi connectivity index (χ0n) is 17.8. The second-order valence-electron chi connectivity index (χ2n) is 6.96. The van der Waals surface area contributed by atoms with Gasteiger partial charge in [-0.15, -0.1) is 0 Å². The van der Waals surface area contributed by atoms with Gasteiger partial charge in [-0.25, -0.2) is 0 Å². The first-order chi connectivity index (χ1) is 15.4. The van der Waals surface area contributed by atoms with Crippen LogP contribution < -0.4 is 24.4 Å². The summed E-state index contributed by atoms with van der Waals surface area (Å²) in [6, 6.07) is 9.92. The summed E-state index contributed by atoms with van der Waals surface area (Å²) in [5.41, 5.74) is 0.988. The summed E-state index contributed by atoms with van der Waals surface area (Å²) in [4.78, 5) is 38.5. The minimum atomic E-state index is -0.671. The first-order valence-electron chi connectivity index (χ1n) is 9.68. The second kappa shape index (κ2) is 10.2. The fraction of sp³-hybridized carbons (Fsp3) is 0.318. The molecule has 9 nitrogen and oxygen atoms in total. The zero-order chi connectivity index (χ0) is 23.3. The molecule has 3 rings (SSSR count). The highest BCUT2D eigenvalue weighted by atomic mass is 35.5. The average Bonchev–Trinajstić information content (AvgIpc) is 3.18. The summed E-state index contributed by atoms with van der Waals surface area (Å²) in [6.07, 6.45) is -0.000155. The molecule has 1 N–H and O–H groups in total. The highest BCUT2D eigenvalue weighted by molar-refractivity contribution is 6.31. The van der Waals surface area contributed by atoms with Gasteiger partial charge in [-0.3, -0.25) is 14.4 Å². The summed E-state index contributed by atoms with van der Waals surface area (Å²) in [7, 11) is 4.39. The number of anilines is 2. The van der Waals surface area contributed by atoms with Crippen molar-refractivity contribution in [2.45, 2.75) is 6.42 Å². The third-order valence-corrected chi connectivity index (χ3v) is 5.11. The normalized spacial score (nSPS) is 15.3. The molecule has 1 unspecified atom stereocenters. The van der Waals surface area contributed by atoms with E-state index in [0.717, 1.165) is 0 Å². The van der Waals surface area contributed by atoms with Crippen molar-refractivity contribution in [3.63, 3.8) is 0 Å². The SMILES string of the molecule is COc1cc(NC(=O)COC(=O)C2CC(=O)N(c3cccc(Cl)c3)C2)cc(OC)c1OC. The highest BCUT2D eigenvalue weighted by Gasteiger charge is 2.36. The summed E-state index contributed by atoms with van der Waals surface area (Å²) in [5, 5.41) is 3.11. The maximum Gasteiger partial charge on any atom is 0.311 e. The van der Waals surface area contributed by atoms with Gasteiger partial charge < -0.3 is 29.2 Å². The maximum absolute atomic E-state index is 12.4. The van der Waals surface area contributed by atoms with Crippen LogP contribution in [0.3, 0.4) is 0 Å². The van der Waals surface area contributed by atoms with Gasteiger partial charge in [0.25, 0.3) is 5.91 Å². The van der Waals surface area contributed by atoms with Gasteiger partial charge in [-0.1, -0.05) is 17.7 Å². The van der Waals surface area contributed by atoms with Crippen molar-refractivity contribution < 1.29 is 33.3 Å². The van der Waals surface area contributed by atoms with Gasteiger partial charge in [0.2, 0.25) is 11.7 Å². The monoisotopic (exact) mass is 462 g/mol. The Morgan fingerprint density at radius 2 is 1.78 bits per heavy atom. The molecular formula is C22H23ClN2O7. The lowest BCUT2D eigenvalue weighted by atomic mass is 10.1. The number of rotatable bonds is 8. The lowest BCUT2D eigenvalue weighted by Gasteiger charge is -2.17. The number of amides is 2. The molecule has 1 aliphatic rings. The molecule has 32 heavy (non-hydrogen) atoms. The molecule has 170 valence electrons. The fourth-order valence-electron chi connectivity index (χ4n) is 3.36. The van der Waals surface area contributed by atoms with Gasteiger partial charge >= 0.3 is 5.97 Å². The number of benzene rings is 2. The van der Waals surface area contributed by atoms with Crippen LogP contribution in [0.15, 0.2) is 36.4 Å². The first-order valence-corrected chi connectivity index (χ1v) is 10.1. The molecule has 10 heteroatoms. The molecule has 2 amide bonds. The molecule has 0 bridgehead atoms. The molecule has 2 aromatic carbocycles. The summed E-state index contributed by atoms with van der Waals surface area (Å²) in [6.45, 7) is -0.343. The third-order valence-electron chi connectivity index (χ3n) is 4.87. The van der Waals surface area contributed by atoms with Gasteiger partial charge in [0.15, 0.2) is 18.1 Å². The molecule has 1 saturated heterocycles. The van der Waals surface area contributed by atoms with Gasteiger partial charge in [0, 0.05) is 41.5 Å². The second-order valence-corrected chi connectivity index (χ2v) is 7.39. The van der Waals surface area contributed by atoms with E-state index < -0.39 is 24.4 Å². The van der Waals surface area contributed by atoms with Gasteiger partial charge in [-0.05, 0) is 18.2 Å². The number of halogens is 1. The maximum atomic E-state index is 12.4. The van der Waals surface area contributed by atoms with Crippen LogP contribution in [0.2, 0.25) is 5.02 Å². The van der Waals surface area contributed by atoms with Gasteiger partial charge in [0.05, 0.1) is 27.2 Å². The Morgan fingerprint density at radius 1 is 1.09 bits per heavy atom. The van der Waals surface area contributed by atoms with Crippen LogP contribution in [0.25, 0.3) is 0 Å². The van der Waals surface area contributed by atoms with Crippen LogP contribution in [-0.4, -0.2) is 52.3 Å². The summed E-state index contributed by atoms with van der Waals surface area (Å²) >= 11 is 5.98. The number of carbonyl (C=O) groups is 3. The molecule has 0 radical (unpaired) electrons. The topological polar surface area (TPSA) is 103 Å². The van der Waals surface area contributed by atoms with E-state index in [0.29, 0.717) is 33.6 Å². The predicted molar refractivity (Wildman–Crippen MR) is 118 cm³/mol. The van der Waals surface area contributed by atoms with Gasteiger partial charge in [-0.2, -0.15) is 0 Å². The van der Waals surface area contributed by atoms with Crippen LogP contribution in [-0.2, 0) is 19.1 Å². The predicted octanol–water partition coefficient (Wildman–Crippen LogP) is 2.90. The molecule has 1 heterocycles. The van der Waals surface area contributed by atoms with Crippen molar-refractivity contribution in [2.75, 3.05) is 44.7 Å². The molecule has 1 atom stereocenters. The van der Waals surface area contributed by atoms with Crippen molar-refractivity contribution in [3.05, 3.63) is 41.4 Å². The first kappa shape index (κ1) is 23.2. The Balaban J connectivity index is 1.57. The summed E-state index contributed by atoms with van der Waals surface area (Å²) < 4.78 is 20.9. The molecule has 1 aliphatic heterocycles. The van der Waals surface area contributed by atoms with Crippen LogP contribution in [0, 0.1) is 5.92 Å². The van der Waals surface area contributed by atoms with E-state index in [4.69, 9.17) is 30.5 Å². The zero-order valence-corrected chi connectivity index (χ0v) is 18.6. The molecule has 2 aromatic rings. The molecule has 0 spiro atoms. The van der Waals surface area contributed by atoms with E-state index in [9.17, 15) is 14.4 Å². The van der Waals surface area contributed by atoms with Crippen LogP contribution in [0.1, 0.15) is 6.42 Å². The van der Waals surface area contributed by atoms with Crippen LogP contribution in [0.4, 0.5) is 11.4 Å². The number of hydrogen-bond donors (Lipinski definition) is 1. The molecule has 0 saturated carbocycles. The Morgan fingerprint density at radius 3 is 2.38 bits per heavy atom. The smallest absolute Gasteiger partial charge is 0.311 e. The third kappa shape index (κ3) is 5.23. The quantitative estimate of drug-likeness (QED) is 0.601. The van der Waals surface area contributed by atoms with E-state index >= 15 is 0 Å². The number of nitrogens with one attached hydrogen (secondary N) is 1. The number of ether oxygens (including phenoxy) is 4. The Labute approximate surface area is 190 Å². The van der Waals surface area contributed by atoms with Crippen molar-refractivity contribution in [3.8, 4) is 17.2 Å². The number of hydrogen-bond acceptors (Lipinski definition) is 7. The lowest BCUT2D eigenvalue weighted by molar-refractivity contribution is -0.151. The van der Waals surface area contributed by atoms with E-state index in [1.54, 1.807) is 36.4 Å². The molecule has 0 aromatic heterocycles. The minimum Gasteiger partial charge on any atom is -0.493 e. The van der Waals surface area contributed by atoms with E-state index in [1.165, 1.54) is 26.2 Å². The molecule has 0 aliphatic carbocycles. The number of methoxy groups -OCH3 is 3. The standard InChI is InChI=1S/C22H23ClN2O7/c1-29-17-9-15(10-18(30-2)21(17)31-3)24-19(26)12-32-22(28)13-7-20(27)25(11-13)16-6-4-5-14(23)8-16/h4-6,8-10,13H,7,11-12H2,1-3H3,(H,24,26). The number of esters is 1. The van der Waals surface area contributed by atoms with E-state index in [1.807, 2.05) is 0 Å². The van der Waals surface area contributed by atoms with Crippen LogP contribution in [0.5, 0.6) is 17.2 Å². The largest absolute Gasteiger partial charge is 0.493 e. The molecular weight excluding hydrogens is 440 g/mol. The Kier molecular flexibility index (Phi) is 7.42. The summed E-state index contributed by atoms with van der Waals surface area (Å²) in [5.74, 6) is -0.942. The highest BCUT2D eigenvalue weighted by Crippen LogP contribution is 2.39. The van der Waals surface area contributed by atoms with E-state index in [2.05, 4.69) is 5.32 Å². The van der Waals surface area contributed by atoms with Crippen molar-refractivity contribution in [1.29, 1.82) is 0 Å². The van der Waals surface area contributed by atoms with Crippen molar-refractivity contribution in [2.24, 2.45) is 5.92 Å². The van der Waals surface area contributed by atoms with Crippen LogP contribution >= 0.6 is 11.6 Å². The minimum absolute atomic E-state index is 0.000155. The van der Waals surface area contributed by atoms with Crippen molar-refractivity contribution in [1.82, 2.24) is 0 Å². The lowest BCUT2D eigenvalue weighted by Crippen LogP contribution is -2.28. The number of nitrogens with zero attached hydrogens (tertiary/aromatic N) is 1. The Bertz CT molecular complexity index is 1000. The van der Waals surface area contributed by atoms with E-state index in [-0.39, 0.29) is 18.9 Å². The number of carbonyl (C=O) groups excluding carboxylic acids is 3.